The molecule has 3 rings (SSSR count). The molecule has 2 nitrogen and oxygen atoms in total. The van der Waals surface area contributed by atoms with Gasteiger partial charge in [-0.1, -0.05) is 54.1 Å². The zero-order chi connectivity index (χ0) is 15.4. The van der Waals surface area contributed by atoms with Crippen LogP contribution in [-0.4, -0.2) is 29.2 Å². The molecule has 1 heterocycles. The minimum Gasteiger partial charge on any atom is -0.391 e. The van der Waals surface area contributed by atoms with E-state index < -0.39 is 0 Å². The average Bonchev–Trinajstić information content (AvgIpc) is 2.97. The molecule has 0 spiro atoms. The van der Waals surface area contributed by atoms with E-state index in [2.05, 4.69) is 29.2 Å². The Balaban J connectivity index is 1.62. The number of hydrogen-bond acceptors (Lipinski definition) is 2. The Morgan fingerprint density at radius 3 is 2.55 bits per heavy atom. The minimum atomic E-state index is -0.324. The van der Waals surface area contributed by atoms with Crippen LogP contribution < -0.4 is 0 Å². The molecular formula is C19H22ClNO. The molecule has 0 aliphatic carbocycles. The number of nitrogens with zero attached hydrogens (tertiary/aromatic N) is 1. The molecule has 1 N–H and O–H groups in total. The second-order valence-corrected chi connectivity index (χ2v) is 6.48. The third-order valence-corrected chi connectivity index (χ3v) is 4.63. The van der Waals surface area contributed by atoms with E-state index in [4.69, 9.17) is 11.6 Å². The van der Waals surface area contributed by atoms with Crippen LogP contribution in [-0.2, 0) is 6.42 Å². The summed E-state index contributed by atoms with van der Waals surface area (Å²) < 4.78 is 0. The zero-order valence-electron chi connectivity index (χ0n) is 12.7. The van der Waals surface area contributed by atoms with Crippen molar-refractivity contribution in [1.82, 2.24) is 4.90 Å². The molecule has 2 aromatic carbocycles. The van der Waals surface area contributed by atoms with Crippen molar-refractivity contribution in [3.05, 3.63) is 70.7 Å². The van der Waals surface area contributed by atoms with Gasteiger partial charge in [0.1, 0.15) is 0 Å². The first-order chi connectivity index (χ1) is 10.7. The maximum atomic E-state index is 10.4. The Kier molecular flexibility index (Phi) is 5.14. The summed E-state index contributed by atoms with van der Waals surface area (Å²) in [4.78, 5) is 2.40. The first kappa shape index (κ1) is 15.5. The summed E-state index contributed by atoms with van der Waals surface area (Å²) in [6.07, 6.45) is 2.73. The Morgan fingerprint density at radius 1 is 1.09 bits per heavy atom. The fraction of sp³-hybridized carbons (Fsp3) is 0.368. The smallest absolute Gasteiger partial charge is 0.0707 e. The van der Waals surface area contributed by atoms with Crippen LogP contribution >= 0.6 is 11.6 Å². The summed E-state index contributed by atoms with van der Waals surface area (Å²) >= 11 is 5.98. The standard InChI is InChI=1S/C19H22ClNO/c20-17-10-8-16(9-11-17)19-7-4-12-21(19)14-18(22)13-15-5-2-1-3-6-15/h1-3,5-6,8-11,18-19,22H,4,7,12-14H2. The van der Waals surface area contributed by atoms with E-state index in [0.29, 0.717) is 12.5 Å². The molecule has 2 aromatic rings. The molecule has 3 heteroatoms. The van der Waals surface area contributed by atoms with Crippen molar-refractivity contribution in [2.75, 3.05) is 13.1 Å². The molecule has 1 aliphatic heterocycles. The van der Waals surface area contributed by atoms with Crippen molar-refractivity contribution < 1.29 is 5.11 Å². The van der Waals surface area contributed by atoms with E-state index in [-0.39, 0.29) is 6.10 Å². The van der Waals surface area contributed by atoms with Gasteiger partial charge in [-0.25, -0.2) is 0 Å². The van der Waals surface area contributed by atoms with Crippen LogP contribution in [0.3, 0.4) is 0 Å². The highest BCUT2D eigenvalue weighted by Gasteiger charge is 2.27. The van der Waals surface area contributed by atoms with E-state index in [1.807, 2.05) is 30.3 Å². The highest BCUT2D eigenvalue weighted by Crippen LogP contribution is 2.32. The molecule has 1 saturated heterocycles. The summed E-state index contributed by atoms with van der Waals surface area (Å²) in [5.74, 6) is 0. The molecule has 22 heavy (non-hydrogen) atoms. The first-order valence-electron chi connectivity index (χ1n) is 7.94. The number of β-amino-alcohol motifs (C(OH)–C–C–N with tert-alkyl or cyclic N) is 1. The van der Waals surface area contributed by atoms with Gasteiger partial charge < -0.3 is 5.11 Å². The van der Waals surface area contributed by atoms with Gasteiger partial charge in [-0.3, -0.25) is 4.90 Å². The molecule has 2 unspecified atom stereocenters. The first-order valence-corrected chi connectivity index (χ1v) is 8.31. The molecule has 0 amide bonds. The number of benzene rings is 2. The van der Waals surface area contributed by atoms with Gasteiger partial charge in [-0.2, -0.15) is 0 Å². The number of halogens is 1. The number of rotatable bonds is 5. The van der Waals surface area contributed by atoms with Gasteiger partial charge in [-0.05, 0) is 49.1 Å². The van der Waals surface area contributed by atoms with Crippen LogP contribution in [0, 0.1) is 0 Å². The Labute approximate surface area is 137 Å². The van der Waals surface area contributed by atoms with Gasteiger partial charge in [0.25, 0.3) is 0 Å². The number of likely N-dealkylation sites (tertiary alicyclic amines) is 1. The molecule has 1 fully saturated rings. The van der Waals surface area contributed by atoms with E-state index in [1.165, 1.54) is 17.5 Å². The monoisotopic (exact) mass is 315 g/mol. The summed E-state index contributed by atoms with van der Waals surface area (Å²) in [5, 5.41) is 11.2. The summed E-state index contributed by atoms with van der Waals surface area (Å²) in [6.45, 7) is 1.78. The van der Waals surface area contributed by atoms with Crippen molar-refractivity contribution >= 4 is 11.6 Å². The van der Waals surface area contributed by atoms with Crippen molar-refractivity contribution in [3.8, 4) is 0 Å². The van der Waals surface area contributed by atoms with Crippen molar-refractivity contribution in [2.45, 2.75) is 31.4 Å². The molecule has 1 aliphatic rings. The highest BCUT2D eigenvalue weighted by atomic mass is 35.5. The molecular weight excluding hydrogens is 294 g/mol. The second-order valence-electron chi connectivity index (χ2n) is 6.05. The summed E-state index contributed by atoms with van der Waals surface area (Å²) in [7, 11) is 0. The largest absolute Gasteiger partial charge is 0.391 e. The van der Waals surface area contributed by atoms with Gasteiger partial charge >= 0.3 is 0 Å². The number of aliphatic hydroxyl groups excluding tert-OH is 1. The van der Waals surface area contributed by atoms with Gasteiger partial charge in [0, 0.05) is 17.6 Å². The number of hydrogen-bond donors (Lipinski definition) is 1. The molecule has 0 bridgehead atoms. The zero-order valence-corrected chi connectivity index (χ0v) is 13.4. The Bertz CT molecular complexity index is 584. The lowest BCUT2D eigenvalue weighted by atomic mass is 10.0. The molecule has 0 aromatic heterocycles. The summed E-state index contributed by atoms with van der Waals surface area (Å²) in [5.41, 5.74) is 2.49. The van der Waals surface area contributed by atoms with Crippen LogP contribution in [0.15, 0.2) is 54.6 Å². The highest BCUT2D eigenvalue weighted by molar-refractivity contribution is 6.30. The quantitative estimate of drug-likeness (QED) is 0.898. The molecule has 116 valence electrons. The normalized spacial score (nSPS) is 20.2. The summed E-state index contributed by atoms with van der Waals surface area (Å²) in [6, 6.07) is 18.7. The van der Waals surface area contributed by atoms with Crippen molar-refractivity contribution in [1.29, 1.82) is 0 Å². The van der Waals surface area contributed by atoms with E-state index in [9.17, 15) is 5.11 Å². The lowest BCUT2D eigenvalue weighted by Gasteiger charge is -2.27. The lowest BCUT2D eigenvalue weighted by Crippen LogP contribution is -2.33. The lowest BCUT2D eigenvalue weighted by molar-refractivity contribution is 0.106. The van der Waals surface area contributed by atoms with Gasteiger partial charge in [-0.15, -0.1) is 0 Å². The second kappa shape index (κ2) is 7.28. The van der Waals surface area contributed by atoms with Crippen LogP contribution in [0.4, 0.5) is 0 Å². The van der Waals surface area contributed by atoms with Crippen LogP contribution in [0.1, 0.15) is 30.0 Å². The third kappa shape index (κ3) is 3.89. The van der Waals surface area contributed by atoms with E-state index in [0.717, 1.165) is 24.5 Å². The predicted molar refractivity (Wildman–Crippen MR) is 91.2 cm³/mol. The van der Waals surface area contributed by atoms with Crippen molar-refractivity contribution in [2.24, 2.45) is 0 Å². The average molecular weight is 316 g/mol. The van der Waals surface area contributed by atoms with Gasteiger partial charge in [0.2, 0.25) is 0 Å². The third-order valence-electron chi connectivity index (χ3n) is 4.38. The maximum Gasteiger partial charge on any atom is 0.0707 e. The van der Waals surface area contributed by atoms with E-state index >= 15 is 0 Å². The SMILES string of the molecule is OC(Cc1ccccc1)CN1CCCC1c1ccc(Cl)cc1. The minimum absolute atomic E-state index is 0.324. The van der Waals surface area contributed by atoms with Gasteiger partial charge in [0.15, 0.2) is 0 Å². The predicted octanol–water partition coefficient (Wildman–Crippen LogP) is 4.08. The van der Waals surface area contributed by atoms with Gasteiger partial charge in [0.05, 0.1) is 6.10 Å². The van der Waals surface area contributed by atoms with Crippen LogP contribution in [0.25, 0.3) is 0 Å². The van der Waals surface area contributed by atoms with Crippen molar-refractivity contribution in [3.63, 3.8) is 0 Å². The topological polar surface area (TPSA) is 23.5 Å². The molecule has 2 atom stereocenters. The maximum absolute atomic E-state index is 10.4. The number of aliphatic hydroxyl groups is 1. The van der Waals surface area contributed by atoms with Crippen LogP contribution in [0.5, 0.6) is 0 Å². The Morgan fingerprint density at radius 2 is 1.82 bits per heavy atom. The molecule has 0 radical (unpaired) electrons. The van der Waals surface area contributed by atoms with Crippen LogP contribution in [0.2, 0.25) is 5.02 Å². The fourth-order valence-electron chi connectivity index (χ4n) is 3.33. The molecule has 0 saturated carbocycles. The fourth-order valence-corrected chi connectivity index (χ4v) is 3.45. The van der Waals surface area contributed by atoms with E-state index in [1.54, 1.807) is 0 Å². The Hall–Kier alpha value is -1.35.